The molecule has 0 saturated carbocycles. The average Bonchev–Trinajstić information content (AvgIpc) is 2.38. The molecule has 0 aliphatic carbocycles. The standard InChI is InChI=1S/C11H19N3O4S2/c1-13-19(15,16)7-6-14-20(17,18)9-11-4-2-10(8-12)3-5-11/h2-5,13-14H,6-9,12H2,1H3. The van der Waals surface area contributed by atoms with Crippen molar-refractivity contribution in [2.45, 2.75) is 12.3 Å². The molecule has 0 aliphatic heterocycles. The molecule has 0 aromatic heterocycles. The van der Waals surface area contributed by atoms with Gasteiger partial charge in [0.2, 0.25) is 20.0 Å². The lowest BCUT2D eigenvalue weighted by molar-refractivity contribution is 0.578. The summed E-state index contributed by atoms with van der Waals surface area (Å²) in [6.07, 6.45) is 0. The third kappa shape index (κ3) is 5.97. The molecule has 4 N–H and O–H groups in total. The molecule has 0 radical (unpaired) electrons. The van der Waals surface area contributed by atoms with E-state index in [9.17, 15) is 16.8 Å². The molecule has 0 amide bonds. The number of nitrogens with two attached hydrogens (primary N) is 1. The van der Waals surface area contributed by atoms with E-state index in [1.807, 2.05) is 0 Å². The first-order valence-corrected chi connectivity index (χ1v) is 9.25. The largest absolute Gasteiger partial charge is 0.326 e. The molecule has 20 heavy (non-hydrogen) atoms. The Hall–Kier alpha value is -1.00. The zero-order valence-electron chi connectivity index (χ0n) is 11.2. The molecule has 0 spiro atoms. The van der Waals surface area contributed by atoms with Crippen LogP contribution in [0, 0.1) is 0 Å². The Bertz CT molecular complexity index is 624. The molecular formula is C11H19N3O4S2. The first-order chi connectivity index (χ1) is 9.28. The second-order valence-electron chi connectivity index (χ2n) is 4.20. The SMILES string of the molecule is CNS(=O)(=O)CCNS(=O)(=O)Cc1ccc(CN)cc1. The highest BCUT2D eigenvalue weighted by Gasteiger charge is 2.13. The number of sulfonamides is 2. The number of nitrogens with one attached hydrogen (secondary N) is 2. The molecule has 114 valence electrons. The van der Waals surface area contributed by atoms with Gasteiger partial charge in [0.1, 0.15) is 0 Å². The van der Waals surface area contributed by atoms with Gasteiger partial charge in [0, 0.05) is 13.1 Å². The van der Waals surface area contributed by atoms with Crippen LogP contribution in [0.3, 0.4) is 0 Å². The fourth-order valence-corrected chi connectivity index (χ4v) is 3.33. The summed E-state index contributed by atoms with van der Waals surface area (Å²) >= 11 is 0. The summed E-state index contributed by atoms with van der Waals surface area (Å²) < 4.78 is 50.2. The van der Waals surface area contributed by atoms with Crippen molar-refractivity contribution >= 4 is 20.0 Å². The summed E-state index contributed by atoms with van der Waals surface area (Å²) in [5, 5.41) is 0. The third-order valence-electron chi connectivity index (χ3n) is 2.62. The summed E-state index contributed by atoms with van der Waals surface area (Å²) in [7, 11) is -5.69. The van der Waals surface area contributed by atoms with Gasteiger partial charge in [0.05, 0.1) is 11.5 Å². The van der Waals surface area contributed by atoms with Crippen LogP contribution in [0.25, 0.3) is 0 Å². The van der Waals surface area contributed by atoms with E-state index in [2.05, 4.69) is 9.44 Å². The number of rotatable bonds is 8. The van der Waals surface area contributed by atoms with Crippen LogP contribution < -0.4 is 15.2 Å². The highest BCUT2D eigenvalue weighted by atomic mass is 32.2. The first kappa shape index (κ1) is 17.1. The molecule has 0 aliphatic rings. The summed E-state index contributed by atoms with van der Waals surface area (Å²) in [5.41, 5.74) is 6.99. The molecule has 1 aromatic rings. The molecule has 0 heterocycles. The van der Waals surface area contributed by atoms with Crippen molar-refractivity contribution in [3.8, 4) is 0 Å². The fraction of sp³-hybridized carbons (Fsp3) is 0.455. The van der Waals surface area contributed by atoms with Crippen molar-refractivity contribution in [3.63, 3.8) is 0 Å². The quantitative estimate of drug-likeness (QED) is 0.574. The van der Waals surface area contributed by atoms with Gasteiger partial charge in [-0.2, -0.15) is 0 Å². The Labute approximate surface area is 119 Å². The van der Waals surface area contributed by atoms with Crippen LogP contribution in [-0.4, -0.2) is 36.2 Å². The van der Waals surface area contributed by atoms with E-state index in [1.54, 1.807) is 24.3 Å². The molecule has 0 fully saturated rings. The van der Waals surface area contributed by atoms with Crippen molar-refractivity contribution in [2.24, 2.45) is 5.73 Å². The Morgan fingerprint density at radius 1 is 1.00 bits per heavy atom. The lowest BCUT2D eigenvalue weighted by Gasteiger charge is -2.07. The van der Waals surface area contributed by atoms with E-state index in [0.717, 1.165) is 5.56 Å². The predicted molar refractivity (Wildman–Crippen MR) is 77.8 cm³/mol. The first-order valence-electron chi connectivity index (χ1n) is 5.94. The predicted octanol–water partition coefficient (Wildman–Crippen LogP) is -0.886. The second-order valence-corrected chi connectivity index (χ2v) is 8.05. The highest BCUT2D eigenvalue weighted by molar-refractivity contribution is 7.90. The van der Waals surface area contributed by atoms with Crippen LogP contribution in [0.1, 0.15) is 11.1 Å². The molecule has 0 unspecified atom stereocenters. The molecule has 0 atom stereocenters. The van der Waals surface area contributed by atoms with Crippen LogP contribution in [-0.2, 0) is 32.3 Å². The van der Waals surface area contributed by atoms with Gasteiger partial charge in [0.15, 0.2) is 0 Å². The van der Waals surface area contributed by atoms with Crippen molar-refractivity contribution in [1.82, 2.24) is 9.44 Å². The average molecular weight is 321 g/mol. The van der Waals surface area contributed by atoms with E-state index >= 15 is 0 Å². The van der Waals surface area contributed by atoms with Crippen LogP contribution in [0.4, 0.5) is 0 Å². The van der Waals surface area contributed by atoms with E-state index in [1.165, 1.54) is 7.05 Å². The van der Waals surface area contributed by atoms with E-state index < -0.39 is 20.0 Å². The minimum absolute atomic E-state index is 0.160. The van der Waals surface area contributed by atoms with Gasteiger partial charge in [-0.15, -0.1) is 0 Å². The van der Waals surface area contributed by atoms with E-state index in [-0.39, 0.29) is 18.1 Å². The van der Waals surface area contributed by atoms with Crippen molar-refractivity contribution in [3.05, 3.63) is 35.4 Å². The summed E-state index contributed by atoms with van der Waals surface area (Å²) in [4.78, 5) is 0. The summed E-state index contributed by atoms with van der Waals surface area (Å²) in [5.74, 6) is -0.494. The van der Waals surface area contributed by atoms with Crippen molar-refractivity contribution < 1.29 is 16.8 Å². The van der Waals surface area contributed by atoms with Gasteiger partial charge in [0.25, 0.3) is 0 Å². The number of benzene rings is 1. The number of hydrogen-bond acceptors (Lipinski definition) is 5. The monoisotopic (exact) mass is 321 g/mol. The fourth-order valence-electron chi connectivity index (χ4n) is 1.48. The minimum atomic E-state index is -3.56. The topological polar surface area (TPSA) is 118 Å². The van der Waals surface area contributed by atoms with Gasteiger partial charge < -0.3 is 5.73 Å². The molecule has 9 heteroatoms. The normalized spacial score (nSPS) is 12.5. The van der Waals surface area contributed by atoms with Gasteiger partial charge in [-0.3, -0.25) is 0 Å². The Kier molecular flexibility index (Phi) is 6.08. The van der Waals surface area contributed by atoms with Crippen LogP contribution in [0.2, 0.25) is 0 Å². The van der Waals surface area contributed by atoms with Crippen LogP contribution >= 0.6 is 0 Å². The summed E-state index contributed by atoms with van der Waals surface area (Å²) in [6, 6.07) is 6.89. The summed E-state index contributed by atoms with van der Waals surface area (Å²) in [6.45, 7) is 0.236. The number of hydrogen-bond donors (Lipinski definition) is 3. The second kappa shape index (κ2) is 7.14. The van der Waals surface area contributed by atoms with Gasteiger partial charge in [-0.25, -0.2) is 26.3 Å². The minimum Gasteiger partial charge on any atom is -0.326 e. The van der Waals surface area contributed by atoms with Gasteiger partial charge >= 0.3 is 0 Å². The molecule has 0 bridgehead atoms. The third-order valence-corrected chi connectivity index (χ3v) is 5.34. The molecule has 7 nitrogen and oxygen atoms in total. The Morgan fingerprint density at radius 3 is 2.05 bits per heavy atom. The zero-order valence-corrected chi connectivity index (χ0v) is 12.8. The lowest BCUT2D eigenvalue weighted by atomic mass is 10.1. The maximum absolute atomic E-state index is 11.8. The molecule has 0 saturated heterocycles. The van der Waals surface area contributed by atoms with E-state index in [0.29, 0.717) is 12.1 Å². The van der Waals surface area contributed by atoms with Crippen molar-refractivity contribution in [2.75, 3.05) is 19.3 Å². The zero-order chi connectivity index (χ0) is 15.2. The Morgan fingerprint density at radius 2 is 1.55 bits per heavy atom. The van der Waals surface area contributed by atoms with E-state index in [4.69, 9.17) is 5.73 Å². The van der Waals surface area contributed by atoms with Crippen LogP contribution in [0.5, 0.6) is 0 Å². The van der Waals surface area contributed by atoms with Crippen LogP contribution in [0.15, 0.2) is 24.3 Å². The molecular weight excluding hydrogens is 302 g/mol. The smallest absolute Gasteiger partial charge is 0.215 e. The lowest BCUT2D eigenvalue weighted by Crippen LogP contribution is -2.33. The maximum atomic E-state index is 11.8. The Balaban J connectivity index is 2.56. The van der Waals surface area contributed by atoms with Crippen molar-refractivity contribution in [1.29, 1.82) is 0 Å². The van der Waals surface area contributed by atoms with Gasteiger partial charge in [-0.05, 0) is 18.2 Å². The maximum Gasteiger partial charge on any atom is 0.215 e. The molecule has 1 aromatic carbocycles. The molecule has 1 rings (SSSR count). The highest BCUT2D eigenvalue weighted by Crippen LogP contribution is 2.07. The van der Waals surface area contributed by atoms with Gasteiger partial charge in [-0.1, -0.05) is 24.3 Å².